The molecule has 0 saturated carbocycles. The first-order valence-corrected chi connectivity index (χ1v) is 8.43. The summed E-state index contributed by atoms with van der Waals surface area (Å²) in [4.78, 5) is 0. The molecule has 0 atom stereocenters. The van der Waals surface area contributed by atoms with Crippen molar-refractivity contribution in [2.45, 2.75) is 0 Å². The third-order valence-electron chi connectivity index (χ3n) is 0.0481. The van der Waals surface area contributed by atoms with Gasteiger partial charge in [-0.3, -0.25) is 0 Å². The summed E-state index contributed by atoms with van der Waals surface area (Å²) in [7, 11) is 0. The molecular formula is AlO3YZr. The Morgan fingerprint density at radius 1 is 1.50 bits per heavy atom. The van der Waals surface area contributed by atoms with Gasteiger partial charge in [0.2, 0.25) is 0 Å². The first-order valence-electron chi connectivity index (χ1n) is 0.964. The summed E-state index contributed by atoms with van der Waals surface area (Å²) in [5.74, 6) is 0. The van der Waals surface area contributed by atoms with E-state index in [2.05, 4.69) is 0 Å². The van der Waals surface area contributed by atoms with E-state index >= 15 is 0 Å². The Hall–Kier alpha value is 1.92. The van der Waals surface area contributed by atoms with Crippen LogP contribution in [-0.4, -0.2) is 11.4 Å². The predicted octanol–water partition coefficient (Wildman–Crippen LogP) is -0.742. The number of hydrogen-bond donors (Lipinski definition) is 0. The van der Waals surface area contributed by atoms with Crippen molar-refractivity contribution in [3.05, 3.63) is 0 Å². The number of hydrogen-bond acceptors (Lipinski definition) is 3. The zero-order valence-electron chi connectivity index (χ0n) is 2.88. The zero-order chi connectivity index (χ0) is 5.41. The molecule has 6 heteroatoms. The van der Waals surface area contributed by atoms with Gasteiger partial charge in [-0.25, -0.2) is 0 Å². The van der Waals surface area contributed by atoms with Gasteiger partial charge in [-0.2, -0.15) is 0 Å². The minimum absolute atomic E-state index is 0.100. The van der Waals surface area contributed by atoms with Gasteiger partial charge in [-0.15, -0.1) is 0 Å². The monoisotopic (exact) mass is 254 g/mol. The van der Waals surface area contributed by atoms with Crippen LogP contribution in [0.4, 0.5) is 0 Å². The quantitative estimate of drug-likeness (QED) is 0.580. The van der Waals surface area contributed by atoms with Crippen LogP contribution in [-0.2, 0) is 60.5 Å². The van der Waals surface area contributed by atoms with Crippen molar-refractivity contribution in [2.24, 2.45) is 0 Å². The second kappa shape index (κ2) is 15.8. The molecule has 0 fully saturated rings. The van der Waals surface area contributed by atoms with Gasteiger partial charge in [-0.05, 0) is 0 Å². The van der Waals surface area contributed by atoms with E-state index < -0.39 is 32.2 Å². The first-order chi connectivity index (χ1) is 2.91. The molecule has 0 aliphatic heterocycles. The first kappa shape index (κ1) is 10.8. The topological polar surface area (TPSA) is 51.2 Å². The van der Waals surface area contributed by atoms with Gasteiger partial charge in [0, 0.05) is 0 Å². The molecule has 0 aromatic carbocycles. The van der Waals surface area contributed by atoms with Crippen molar-refractivity contribution in [3.8, 4) is 0 Å². The average molecular weight is 255 g/mol. The van der Waals surface area contributed by atoms with Crippen LogP contribution in [0.1, 0.15) is 0 Å². The Balaban J connectivity index is 0. The van der Waals surface area contributed by atoms with Crippen LogP contribution >= 0.6 is 0 Å². The molecule has 3 nitrogen and oxygen atoms in total. The zero-order valence-corrected chi connectivity index (χ0v) is 9.33. The Kier molecular flexibility index (Phi) is 28.5. The van der Waals surface area contributed by atoms with Crippen molar-refractivity contribution in [3.63, 3.8) is 0 Å². The summed E-state index contributed by atoms with van der Waals surface area (Å²) >= 11 is -2.25. The third-order valence-corrected chi connectivity index (χ3v) is 0.854. The minimum atomic E-state index is -1.50. The van der Waals surface area contributed by atoms with E-state index in [1.807, 2.05) is 0 Å². The van der Waals surface area contributed by atoms with Gasteiger partial charge in [0.1, 0.15) is 0 Å². The average Bonchev–Trinajstić information content (AvgIpc) is 1.72. The van der Waals surface area contributed by atoms with Crippen LogP contribution in [0.3, 0.4) is 0 Å². The Bertz CT molecular complexity index is 40.1. The number of rotatable bonds is 1. The van der Waals surface area contributed by atoms with Crippen LogP contribution in [0, 0.1) is 0 Å². The van der Waals surface area contributed by atoms with Crippen LogP contribution in [0.25, 0.3) is 0 Å². The molecule has 0 saturated heterocycles. The van der Waals surface area contributed by atoms with Gasteiger partial charge in [0.05, 0.1) is 0 Å². The molecule has 6 heavy (non-hydrogen) atoms. The second-order valence-corrected chi connectivity index (χ2v) is 4.18. The van der Waals surface area contributed by atoms with Gasteiger partial charge >= 0.3 is 71.9 Å². The van der Waals surface area contributed by atoms with Gasteiger partial charge in [-0.1, -0.05) is 0 Å². The Labute approximate surface area is 70.5 Å². The maximum absolute atomic E-state index is 9.19. The molecule has 0 spiro atoms. The molecule has 0 aromatic heterocycles. The SMILES string of the molecule is [O]=[Al][Zr]=[O].[O]=[Y]. The normalized spacial score (nSPS) is 3.00. The summed E-state index contributed by atoms with van der Waals surface area (Å²) in [6.45, 7) is 0. The van der Waals surface area contributed by atoms with Crippen molar-refractivity contribution in [1.82, 2.24) is 0 Å². The van der Waals surface area contributed by atoms with Crippen molar-refractivity contribution in [1.29, 1.82) is 0 Å². The van der Waals surface area contributed by atoms with Crippen LogP contribution in [0.15, 0.2) is 0 Å². The Morgan fingerprint density at radius 3 is 1.67 bits per heavy atom. The Morgan fingerprint density at radius 2 is 1.67 bits per heavy atom. The third kappa shape index (κ3) is 16.8. The summed E-state index contributed by atoms with van der Waals surface area (Å²) < 4.78 is 26.7. The fourth-order valence-corrected chi connectivity index (χ4v) is 0. The summed E-state index contributed by atoms with van der Waals surface area (Å²) in [6, 6.07) is 0. The maximum atomic E-state index is 9.19. The standard InChI is InChI=1S/Al.3O.Y.Zr. The molecule has 0 aliphatic rings. The second-order valence-electron chi connectivity index (χ2n) is 0.236. The fraction of sp³-hybridized carbons (Fsp3) is 0. The van der Waals surface area contributed by atoms with Crippen molar-refractivity contribution in [2.75, 3.05) is 0 Å². The molecule has 0 aliphatic carbocycles. The van der Waals surface area contributed by atoms with E-state index in [9.17, 15) is 2.81 Å². The van der Waals surface area contributed by atoms with Gasteiger partial charge < -0.3 is 0 Å². The van der Waals surface area contributed by atoms with E-state index in [4.69, 9.17) is 5.85 Å². The predicted molar refractivity (Wildman–Crippen MR) is 7.81 cm³/mol. The molecule has 0 N–H and O–H groups in total. The molecule has 0 bridgehead atoms. The molecule has 0 radical (unpaired) electrons. The van der Waals surface area contributed by atoms with E-state index in [1.165, 1.54) is 0 Å². The summed E-state index contributed by atoms with van der Waals surface area (Å²) in [5, 5.41) is 0. The van der Waals surface area contributed by atoms with Crippen molar-refractivity contribution < 1.29 is 60.5 Å². The molecule has 0 aromatic rings. The molecule has 28 valence electrons. The summed E-state index contributed by atoms with van der Waals surface area (Å²) in [5.41, 5.74) is 0. The van der Waals surface area contributed by atoms with Gasteiger partial charge in [0.25, 0.3) is 0 Å². The fourth-order valence-electron chi connectivity index (χ4n) is 0. The van der Waals surface area contributed by atoms with E-state index in [1.54, 1.807) is 0 Å². The van der Waals surface area contributed by atoms with Crippen LogP contribution in [0.2, 0.25) is 0 Å². The molecule has 0 amide bonds. The van der Waals surface area contributed by atoms with E-state index in [0.717, 1.165) is 0 Å². The van der Waals surface area contributed by atoms with Crippen molar-refractivity contribution >= 4 is 11.4 Å². The van der Waals surface area contributed by atoms with E-state index in [0.29, 0.717) is 0 Å². The van der Waals surface area contributed by atoms with E-state index in [-0.39, 0.29) is 31.0 Å². The molecule has 0 heterocycles. The molecule has 0 unspecified atom stereocenters. The van der Waals surface area contributed by atoms with Crippen LogP contribution in [0.5, 0.6) is 0 Å². The molecular weight excluding hydrogens is 255 g/mol. The summed E-state index contributed by atoms with van der Waals surface area (Å²) in [6.07, 6.45) is 0. The van der Waals surface area contributed by atoms with Crippen LogP contribution < -0.4 is 0 Å². The molecule has 0 rings (SSSR count). The van der Waals surface area contributed by atoms with Gasteiger partial charge in [0.15, 0.2) is 0 Å².